The van der Waals surface area contributed by atoms with Crippen LogP contribution in [0.1, 0.15) is 35.8 Å². The molecule has 0 spiro atoms. The second-order valence-corrected chi connectivity index (χ2v) is 12.5. The number of thiophene rings is 1. The van der Waals surface area contributed by atoms with E-state index in [4.69, 9.17) is 16.2 Å². The Morgan fingerprint density at radius 2 is 1.38 bits per heavy atom. The molecule has 0 aliphatic heterocycles. The summed E-state index contributed by atoms with van der Waals surface area (Å²) in [6.45, 7) is 2.50. The highest BCUT2D eigenvalue weighted by molar-refractivity contribution is 7.09. The van der Waals surface area contributed by atoms with E-state index in [1.807, 2.05) is 103 Å². The van der Waals surface area contributed by atoms with Gasteiger partial charge in [0.15, 0.2) is 0 Å². The lowest BCUT2D eigenvalue weighted by Crippen LogP contribution is -2.58. The largest absolute Gasteiger partial charge is 0.374 e. The third kappa shape index (κ3) is 11.3. The van der Waals surface area contributed by atoms with Crippen LogP contribution in [0.15, 0.2) is 102 Å². The van der Waals surface area contributed by atoms with Gasteiger partial charge in [0.05, 0.1) is 12.1 Å². The number of benzene rings is 2. The fourth-order valence-corrected chi connectivity index (χ4v) is 6.03. The van der Waals surface area contributed by atoms with Gasteiger partial charge in [-0.25, -0.2) is 0 Å². The molecule has 1 heterocycles. The molecule has 1 aliphatic rings. The third-order valence-electron chi connectivity index (χ3n) is 7.79. The van der Waals surface area contributed by atoms with Gasteiger partial charge in [0.25, 0.3) is 0 Å². The van der Waals surface area contributed by atoms with Crippen molar-refractivity contribution in [3.8, 4) is 0 Å². The molecule has 248 valence electrons. The number of hydrogen-bond acceptors (Lipinski definition) is 7. The lowest BCUT2D eigenvalue weighted by atomic mass is 9.97. The SMILES string of the molecule is CCOC1C=CC(CC(NC(=O)C(Cc2ccccc2)NC(=O)C(N)Cc2ccccc2)C(=O)NC(Cc2cccs2)C(N)=O)=CC1. The second-order valence-electron chi connectivity index (χ2n) is 11.4. The molecule has 10 nitrogen and oxygen atoms in total. The van der Waals surface area contributed by atoms with Crippen LogP contribution in [0.5, 0.6) is 0 Å². The van der Waals surface area contributed by atoms with Crippen molar-refractivity contribution in [2.24, 2.45) is 11.5 Å². The Hall–Kier alpha value is -4.58. The zero-order chi connectivity index (χ0) is 33.6. The first-order chi connectivity index (χ1) is 22.7. The first-order valence-corrected chi connectivity index (χ1v) is 16.6. The summed E-state index contributed by atoms with van der Waals surface area (Å²) in [6.07, 6.45) is 7.16. The van der Waals surface area contributed by atoms with Gasteiger partial charge in [0.1, 0.15) is 18.1 Å². The summed E-state index contributed by atoms with van der Waals surface area (Å²) in [7, 11) is 0. The molecule has 0 saturated heterocycles. The van der Waals surface area contributed by atoms with E-state index in [-0.39, 0.29) is 25.4 Å². The van der Waals surface area contributed by atoms with Crippen LogP contribution < -0.4 is 27.4 Å². The average Bonchev–Trinajstić information content (AvgIpc) is 3.59. The summed E-state index contributed by atoms with van der Waals surface area (Å²) >= 11 is 1.45. The zero-order valence-electron chi connectivity index (χ0n) is 26.5. The highest BCUT2D eigenvalue weighted by Crippen LogP contribution is 2.19. The monoisotopic (exact) mass is 657 g/mol. The number of carbonyl (C=O) groups is 4. The van der Waals surface area contributed by atoms with Gasteiger partial charge in [0.2, 0.25) is 23.6 Å². The maximum atomic E-state index is 13.9. The normalized spacial score (nSPS) is 16.6. The predicted molar refractivity (Wildman–Crippen MR) is 183 cm³/mol. The fraction of sp³-hybridized carbons (Fsp3) is 0.333. The van der Waals surface area contributed by atoms with E-state index < -0.39 is 47.8 Å². The molecule has 4 rings (SSSR count). The molecule has 0 radical (unpaired) electrons. The highest BCUT2D eigenvalue weighted by Gasteiger charge is 2.31. The number of allylic oxidation sites excluding steroid dienone is 1. The number of primary amides is 1. The summed E-state index contributed by atoms with van der Waals surface area (Å²) in [6, 6.07) is 18.4. The minimum Gasteiger partial charge on any atom is -0.374 e. The van der Waals surface area contributed by atoms with E-state index in [1.54, 1.807) is 0 Å². The second kappa shape index (κ2) is 17.9. The summed E-state index contributed by atoms with van der Waals surface area (Å²) in [5.41, 5.74) is 14.5. The zero-order valence-corrected chi connectivity index (χ0v) is 27.3. The van der Waals surface area contributed by atoms with Crippen LogP contribution >= 0.6 is 11.3 Å². The Balaban J connectivity index is 1.53. The lowest BCUT2D eigenvalue weighted by Gasteiger charge is -2.26. The van der Waals surface area contributed by atoms with Crippen molar-refractivity contribution in [2.45, 2.75) is 69.3 Å². The van der Waals surface area contributed by atoms with Crippen LogP contribution in [0.25, 0.3) is 0 Å². The molecular formula is C36H43N5O5S. The summed E-state index contributed by atoms with van der Waals surface area (Å²) < 4.78 is 5.68. The van der Waals surface area contributed by atoms with E-state index in [0.717, 1.165) is 21.6 Å². The molecule has 5 atom stereocenters. The van der Waals surface area contributed by atoms with Crippen molar-refractivity contribution >= 4 is 35.0 Å². The van der Waals surface area contributed by atoms with Gasteiger partial charge in [-0.05, 0) is 47.9 Å². The third-order valence-corrected chi connectivity index (χ3v) is 8.69. The van der Waals surface area contributed by atoms with Crippen LogP contribution in [0.4, 0.5) is 0 Å². The maximum absolute atomic E-state index is 13.9. The number of nitrogens with one attached hydrogen (secondary N) is 3. The number of hydrogen-bond donors (Lipinski definition) is 5. The average molecular weight is 658 g/mol. The molecule has 5 unspecified atom stereocenters. The van der Waals surface area contributed by atoms with Gasteiger partial charge in [-0.15, -0.1) is 11.3 Å². The topological polar surface area (TPSA) is 166 Å². The summed E-state index contributed by atoms with van der Waals surface area (Å²) in [5, 5.41) is 10.3. The first kappa shape index (κ1) is 35.3. The quantitative estimate of drug-likeness (QED) is 0.150. The van der Waals surface area contributed by atoms with Gasteiger partial charge < -0.3 is 32.2 Å². The molecule has 1 aliphatic carbocycles. The van der Waals surface area contributed by atoms with Crippen LogP contribution in [0.3, 0.4) is 0 Å². The first-order valence-electron chi connectivity index (χ1n) is 15.8. The van der Waals surface area contributed by atoms with Crippen molar-refractivity contribution in [1.29, 1.82) is 0 Å². The molecule has 0 bridgehead atoms. The Morgan fingerprint density at radius 3 is 1.94 bits per heavy atom. The fourth-order valence-electron chi connectivity index (χ4n) is 5.27. The Bertz CT molecular complexity index is 1530. The molecule has 11 heteroatoms. The molecule has 7 N–H and O–H groups in total. The van der Waals surface area contributed by atoms with Gasteiger partial charge >= 0.3 is 0 Å². The van der Waals surface area contributed by atoms with Crippen molar-refractivity contribution in [3.63, 3.8) is 0 Å². The highest BCUT2D eigenvalue weighted by atomic mass is 32.1. The van der Waals surface area contributed by atoms with Crippen molar-refractivity contribution in [3.05, 3.63) is 118 Å². The van der Waals surface area contributed by atoms with Gasteiger partial charge in [-0.3, -0.25) is 19.2 Å². The number of rotatable bonds is 17. The van der Waals surface area contributed by atoms with E-state index in [2.05, 4.69) is 16.0 Å². The van der Waals surface area contributed by atoms with Crippen molar-refractivity contribution in [2.75, 3.05) is 6.61 Å². The molecule has 3 aromatic rings. The summed E-state index contributed by atoms with van der Waals surface area (Å²) in [5.74, 6) is -2.30. The molecule has 4 amide bonds. The van der Waals surface area contributed by atoms with Gasteiger partial charge in [-0.1, -0.05) is 85.0 Å². The van der Waals surface area contributed by atoms with E-state index in [0.29, 0.717) is 19.4 Å². The molecule has 47 heavy (non-hydrogen) atoms. The van der Waals surface area contributed by atoms with Crippen molar-refractivity contribution in [1.82, 2.24) is 16.0 Å². The molecule has 0 saturated carbocycles. The van der Waals surface area contributed by atoms with E-state index in [1.165, 1.54) is 11.3 Å². The van der Waals surface area contributed by atoms with Crippen molar-refractivity contribution < 1.29 is 23.9 Å². The van der Waals surface area contributed by atoms with E-state index >= 15 is 0 Å². The number of nitrogens with two attached hydrogens (primary N) is 2. The number of carbonyl (C=O) groups excluding carboxylic acids is 4. The minimum absolute atomic E-state index is 0.0683. The molecule has 2 aromatic carbocycles. The number of amides is 4. The Morgan fingerprint density at radius 1 is 0.787 bits per heavy atom. The minimum atomic E-state index is -1.07. The van der Waals surface area contributed by atoms with Crippen LogP contribution in [-0.2, 0) is 43.2 Å². The molecule has 1 aromatic heterocycles. The van der Waals surface area contributed by atoms with E-state index in [9.17, 15) is 19.2 Å². The van der Waals surface area contributed by atoms with Gasteiger partial charge in [0, 0.05) is 30.7 Å². The van der Waals surface area contributed by atoms with Crippen LogP contribution in [0, 0.1) is 0 Å². The van der Waals surface area contributed by atoms with Gasteiger partial charge in [-0.2, -0.15) is 0 Å². The number of ether oxygens (including phenoxy) is 1. The molecule has 0 fully saturated rings. The Labute approximate surface area is 279 Å². The maximum Gasteiger partial charge on any atom is 0.243 e. The van der Waals surface area contributed by atoms with Crippen LogP contribution in [-0.4, -0.2) is 60.5 Å². The Kier molecular flexibility index (Phi) is 13.5. The smallest absolute Gasteiger partial charge is 0.243 e. The predicted octanol–water partition coefficient (Wildman–Crippen LogP) is 2.72. The standard InChI is InChI=1S/C36H43N5O5S/c1-2-46-27-17-15-26(16-18-27)22-32(35(44)39-30(33(38)42)23-28-14-9-19-47-28)41-36(45)31(21-25-12-7-4-8-13-25)40-34(43)29(37)20-24-10-5-3-6-11-24/h3-17,19,27,29-32H,2,18,20-23,37H2,1H3,(H2,38,42)(H,39,44)(H,40,43)(H,41,45). The lowest BCUT2D eigenvalue weighted by molar-refractivity contribution is -0.133. The van der Waals surface area contributed by atoms with Crippen LogP contribution in [0.2, 0.25) is 0 Å². The molecular weight excluding hydrogens is 614 g/mol. The summed E-state index contributed by atoms with van der Waals surface area (Å²) in [4.78, 5) is 54.2.